The first-order valence-corrected chi connectivity index (χ1v) is 7.41. The standard InChI is InChI=1S/C15H28N2O3/c1-9-6-7-11(10(2)8-9)16-14(20)17-12(13(18)19)15(3,4)5/h9-12H,6-8H2,1-5H3,(H,18,19)(H2,16,17,20)/t9?,10?,11?,12-/m1/s1. The van der Waals surface area contributed by atoms with E-state index in [9.17, 15) is 14.7 Å². The van der Waals surface area contributed by atoms with Crippen molar-refractivity contribution in [2.75, 3.05) is 0 Å². The molecule has 5 nitrogen and oxygen atoms in total. The van der Waals surface area contributed by atoms with Gasteiger partial charge in [-0.15, -0.1) is 0 Å². The third-order valence-corrected chi connectivity index (χ3v) is 4.14. The normalized spacial score (nSPS) is 28.6. The van der Waals surface area contributed by atoms with Crippen LogP contribution in [0.25, 0.3) is 0 Å². The van der Waals surface area contributed by atoms with Gasteiger partial charge in [0, 0.05) is 6.04 Å². The van der Waals surface area contributed by atoms with Gasteiger partial charge in [0.15, 0.2) is 0 Å². The zero-order chi connectivity index (χ0) is 15.5. The molecule has 3 N–H and O–H groups in total. The molecule has 116 valence electrons. The zero-order valence-corrected chi connectivity index (χ0v) is 13.2. The van der Waals surface area contributed by atoms with Crippen LogP contribution in [0.3, 0.4) is 0 Å². The number of carbonyl (C=O) groups excluding carboxylic acids is 1. The molecule has 0 aliphatic heterocycles. The van der Waals surface area contributed by atoms with E-state index in [2.05, 4.69) is 24.5 Å². The molecule has 0 radical (unpaired) electrons. The van der Waals surface area contributed by atoms with E-state index in [0.29, 0.717) is 11.8 Å². The van der Waals surface area contributed by atoms with Crippen molar-refractivity contribution in [1.82, 2.24) is 10.6 Å². The van der Waals surface area contributed by atoms with E-state index in [1.807, 2.05) is 0 Å². The molecule has 1 saturated carbocycles. The number of aliphatic carboxylic acids is 1. The number of urea groups is 1. The fraction of sp³-hybridized carbons (Fsp3) is 0.867. The molecule has 5 heteroatoms. The Balaban J connectivity index is 2.56. The summed E-state index contributed by atoms with van der Waals surface area (Å²) in [7, 11) is 0. The first kappa shape index (κ1) is 16.8. The third-order valence-electron chi connectivity index (χ3n) is 4.14. The average Bonchev–Trinajstić information content (AvgIpc) is 2.28. The molecular formula is C15H28N2O3. The van der Waals surface area contributed by atoms with Crippen LogP contribution in [-0.2, 0) is 4.79 Å². The highest BCUT2D eigenvalue weighted by Crippen LogP contribution is 2.28. The number of rotatable bonds is 3. The summed E-state index contributed by atoms with van der Waals surface area (Å²) < 4.78 is 0. The van der Waals surface area contributed by atoms with Crippen molar-refractivity contribution in [2.45, 2.75) is 66.0 Å². The summed E-state index contributed by atoms with van der Waals surface area (Å²) in [6.07, 6.45) is 3.17. The van der Waals surface area contributed by atoms with E-state index in [-0.39, 0.29) is 12.1 Å². The molecule has 4 atom stereocenters. The Labute approximate surface area is 121 Å². The number of amides is 2. The summed E-state index contributed by atoms with van der Waals surface area (Å²) in [6, 6.07) is -1.13. The highest BCUT2D eigenvalue weighted by Gasteiger charge is 2.34. The molecule has 2 amide bonds. The van der Waals surface area contributed by atoms with Crippen LogP contribution in [0.1, 0.15) is 53.9 Å². The minimum Gasteiger partial charge on any atom is -0.480 e. The van der Waals surface area contributed by atoms with E-state index in [1.165, 1.54) is 0 Å². The fourth-order valence-electron chi connectivity index (χ4n) is 2.87. The lowest BCUT2D eigenvalue weighted by Gasteiger charge is -2.34. The molecule has 0 heterocycles. The lowest BCUT2D eigenvalue weighted by molar-refractivity contribution is -0.141. The Kier molecular flexibility index (Phi) is 5.42. The van der Waals surface area contributed by atoms with Gasteiger partial charge in [-0.25, -0.2) is 9.59 Å². The number of carboxylic acids is 1. The number of carbonyl (C=O) groups is 2. The van der Waals surface area contributed by atoms with Crippen LogP contribution in [0, 0.1) is 17.3 Å². The molecule has 1 fully saturated rings. The van der Waals surface area contributed by atoms with Gasteiger partial charge in [-0.3, -0.25) is 0 Å². The van der Waals surface area contributed by atoms with Crippen LogP contribution in [0.4, 0.5) is 4.79 Å². The Morgan fingerprint density at radius 2 is 1.80 bits per heavy atom. The second-order valence-corrected chi connectivity index (χ2v) is 7.26. The fourth-order valence-corrected chi connectivity index (χ4v) is 2.87. The van der Waals surface area contributed by atoms with Crippen LogP contribution in [0.2, 0.25) is 0 Å². The summed E-state index contributed by atoms with van der Waals surface area (Å²) in [5.41, 5.74) is -0.518. The summed E-state index contributed by atoms with van der Waals surface area (Å²) in [5, 5.41) is 14.7. The summed E-state index contributed by atoms with van der Waals surface area (Å²) >= 11 is 0. The first-order valence-electron chi connectivity index (χ1n) is 7.41. The molecule has 0 saturated heterocycles. The highest BCUT2D eigenvalue weighted by atomic mass is 16.4. The highest BCUT2D eigenvalue weighted by molar-refractivity contribution is 5.83. The second kappa shape index (κ2) is 6.46. The van der Waals surface area contributed by atoms with Gasteiger partial charge in [0.05, 0.1) is 0 Å². The van der Waals surface area contributed by atoms with Crippen LogP contribution >= 0.6 is 0 Å². The predicted octanol–water partition coefficient (Wildman–Crippen LogP) is 2.61. The van der Waals surface area contributed by atoms with Gasteiger partial charge in [-0.2, -0.15) is 0 Å². The zero-order valence-electron chi connectivity index (χ0n) is 13.2. The average molecular weight is 284 g/mol. The summed E-state index contributed by atoms with van der Waals surface area (Å²) in [4.78, 5) is 23.3. The lowest BCUT2D eigenvalue weighted by Crippen LogP contribution is -2.55. The Morgan fingerprint density at radius 1 is 1.20 bits per heavy atom. The van der Waals surface area contributed by atoms with Crippen LogP contribution in [0.15, 0.2) is 0 Å². The number of hydrogen-bond donors (Lipinski definition) is 3. The maximum Gasteiger partial charge on any atom is 0.326 e. The van der Waals surface area contributed by atoms with E-state index in [4.69, 9.17) is 0 Å². The van der Waals surface area contributed by atoms with E-state index >= 15 is 0 Å². The number of hydrogen-bond acceptors (Lipinski definition) is 2. The Morgan fingerprint density at radius 3 is 2.25 bits per heavy atom. The topological polar surface area (TPSA) is 78.4 Å². The quantitative estimate of drug-likeness (QED) is 0.745. The van der Waals surface area contributed by atoms with Gasteiger partial charge in [0.2, 0.25) is 0 Å². The number of nitrogens with one attached hydrogen (secondary N) is 2. The van der Waals surface area contributed by atoms with Gasteiger partial charge >= 0.3 is 12.0 Å². The molecule has 1 aliphatic carbocycles. The molecule has 1 aliphatic rings. The maximum absolute atomic E-state index is 12.0. The second-order valence-electron chi connectivity index (χ2n) is 7.26. The van der Waals surface area contributed by atoms with Gasteiger partial charge in [-0.05, 0) is 36.5 Å². The predicted molar refractivity (Wildman–Crippen MR) is 78.5 cm³/mol. The molecule has 20 heavy (non-hydrogen) atoms. The molecule has 0 aromatic carbocycles. The van der Waals surface area contributed by atoms with Gasteiger partial charge in [0.1, 0.15) is 6.04 Å². The number of carboxylic acid groups (broad SMARTS) is 1. The largest absolute Gasteiger partial charge is 0.480 e. The SMILES string of the molecule is CC1CCC(NC(=O)N[C@H](C(=O)O)C(C)(C)C)C(C)C1. The maximum atomic E-state index is 12.0. The van der Waals surface area contributed by atoms with Gasteiger partial charge in [0.25, 0.3) is 0 Å². The molecule has 0 aromatic rings. The third kappa shape index (κ3) is 4.69. The molecule has 1 rings (SSSR count). The van der Waals surface area contributed by atoms with Crippen molar-refractivity contribution in [3.05, 3.63) is 0 Å². The van der Waals surface area contributed by atoms with Crippen molar-refractivity contribution < 1.29 is 14.7 Å². The van der Waals surface area contributed by atoms with Crippen molar-refractivity contribution in [1.29, 1.82) is 0 Å². The monoisotopic (exact) mass is 284 g/mol. The minimum absolute atomic E-state index is 0.139. The minimum atomic E-state index is -1.00. The summed E-state index contributed by atoms with van der Waals surface area (Å²) in [5.74, 6) is 0.132. The van der Waals surface area contributed by atoms with Crippen molar-refractivity contribution in [3.63, 3.8) is 0 Å². The van der Waals surface area contributed by atoms with Crippen LogP contribution in [-0.4, -0.2) is 29.2 Å². The van der Waals surface area contributed by atoms with Crippen molar-refractivity contribution in [2.24, 2.45) is 17.3 Å². The molecule has 0 bridgehead atoms. The Bertz CT molecular complexity index is 363. The van der Waals surface area contributed by atoms with Crippen molar-refractivity contribution >= 4 is 12.0 Å². The van der Waals surface area contributed by atoms with E-state index < -0.39 is 17.4 Å². The first-order chi connectivity index (χ1) is 9.11. The van der Waals surface area contributed by atoms with Gasteiger partial charge in [-0.1, -0.05) is 34.6 Å². The lowest BCUT2D eigenvalue weighted by atomic mass is 9.80. The van der Waals surface area contributed by atoms with Crippen LogP contribution in [0.5, 0.6) is 0 Å². The molecule has 0 aromatic heterocycles. The van der Waals surface area contributed by atoms with E-state index in [1.54, 1.807) is 20.8 Å². The molecule has 0 spiro atoms. The van der Waals surface area contributed by atoms with Crippen molar-refractivity contribution in [3.8, 4) is 0 Å². The smallest absolute Gasteiger partial charge is 0.326 e. The van der Waals surface area contributed by atoms with Gasteiger partial charge < -0.3 is 15.7 Å². The van der Waals surface area contributed by atoms with E-state index in [0.717, 1.165) is 19.3 Å². The Hall–Kier alpha value is -1.26. The summed E-state index contributed by atoms with van der Waals surface area (Å²) in [6.45, 7) is 9.77. The molecular weight excluding hydrogens is 256 g/mol. The van der Waals surface area contributed by atoms with Crippen LogP contribution < -0.4 is 10.6 Å². The molecule has 3 unspecified atom stereocenters.